The Morgan fingerprint density at radius 1 is 1.28 bits per heavy atom. The van der Waals surface area contributed by atoms with Crippen LogP contribution in [0.5, 0.6) is 0 Å². The summed E-state index contributed by atoms with van der Waals surface area (Å²) < 4.78 is 0. The molecule has 100 valence electrons. The minimum absolute atomic E-state index is 0.0175. The fourth-order valence-electron chi connectivity index (χ4n) is 2.03. The summed E-state index contributed by atoms with van der Waals surface area (Å²) in [6.07, 6.45) is 1.32. The topological polar surface area (TPSA) is 46.3 Å². The van der Waals surface area contributed by atoms with Crippen molar-refractivity contribution in [2.24, 2.45) is 5.73 Å². The van der Waals surface area contributed by atoms with Crippen LogP contribution in [0.3, 0.4) is 0 Å². The third-order valence-electron chi connectivity index (χ3n) is 3.87. The molecular formula is C15H24N2O. The average Bonchev–Trinajstić information content (AvgIpc) is 2.44. The number of amides is 1. The van der Waals surface area contributed by atoms with Crippen LogP contribution in [0.2, 0.25) is 0 Å². The number of hydrogen-bond donors (Lipinski definition) is 1. The maximum Gasteiger partial charge on any atom is 0.242 e. The van der Waals surface area contributed by atoms with Crippen molar-refractivity contribution in [2.45, 2.75) is 45.2 Å². The summed E-state index contributed by atoms with van der Waals surface area (Å²) >= 11 is 0. The van der Waals surface area contributed by atoms with E-state index in [1.54, 1.807) is 4.90 Å². The van der Waals surface area contributed by atoms with Gasteiger partial charge in [0.05, 0.1) is 11.6 Å². The van der Waals surface area contributed by atoms with E-state index >= 15 is 0 Å². The molecular weight excluding hydrogens is 224 g/mol. The Labute approximate surface area is 110 Å². The van der Waals surface area contributed by atoms with E-state index in [0.717, 1.165) is 5.56 Å². The van der Waals surface area contributed by atoms with Crippen LogP contribution in [0.1, 0.15) is 45.2 Å². The zero-order chi connectivity index (χ0) is 13.8. The van der Waals surface area contributed by atoms with Crippen molar-refractivity contribution in [3.05, 3.63) is 35.9 Å². The molecule has 1 amide bonds. The molecule has 1 unspecified atom stereocenters. The van der Waals surface area contributed by atoms with Crippen LogP contribution in [0.4, 0.5) is 0 Å². The lowest BCUT2D eigenvalue weighted by molar-refractivity contribution is -0.138. The first kappa shape index (κ1) is 14.7. The summed E-state index contributed by atoms with van der Waals surface area (Å²) in [4.78, 5) is 14.2. The van der Waals surface area contributed by atoms with Gasteiger partial charge in [-0.1, -0.05) is 44.2 Å². The zero-order valence-corrected chi connectivity index (χ0v) is 11.8. The Balaban J connectivity index is 2.88. The maximum absolute atomic E-state index is 12.4. The second-order valence-corrected chi connectivity index (χ2v) is 4.87. The molecule has 0 spiro atoms. The Bertz CT molecular complexity index is 385. The largest absolute Gasteiger partial charge is 0.337 e. The lowest BCUT2D eigenvalue weighted by atomic mass is 9.91. The maximum atomic E-state index is 12.4. The van der Waals surface area contributed by atoms with Gasteiger partial charge in [-0.05, 0) is 25.3 Å². The first-order valence-corrected chi connectivity index (χ1v) is 6.57. The second kappa shape index (κ2) is 6.01. The summed E-state index contributed by atoms with van der Waals surface area (Å²) in [5.41, 5.74) is 6.56. The highest BCUT2D eigenvalue weighted by Crippen LogP contribution is 2.23. The predicted molar refractivity (Wildman–Crippen MR) is 75.1 cm³/mol. The quantitative estimate of drug-likeness (QED) is 0.871. The highest BCUT2D eigenvalue weighted by Gasteiger charge is 2.34. The van der Waals surface area contributed by atoms with Crippen LogP contribution >= 0.6 is 0 Å². The van der Waals surface area contributed by atoms with Crippen molar-refractivity contribution in [2.75, 3.05) is 7.05 Å². The molecule has 1 aromatic rings. The number of carbonyl (C=O) groups is 1. The van der Waals surface area contributed by atoms with Gasteiger partial charge in [-0.3, -0.25) is 4.79 Å². The highest BCUT2D eigenvalue weighted by atomic mass is 16.2. The van der Waals surface area contributed by atoms with Gasteiger partial charge >= 0.3 is 0 Å². The third-order valence-corrected chi connectivity index (χ3v) is 3.87. The molecule has 3 nitrogen and oxygen atoms in total. The molecule has 0 heterocycles. The molecule has 0 aromatic heterocycles. The van der Waals surface area contributed by atoms with E-state index in [4.69, 9.17) is 5.73 Å². The lowest BCUT2D eigenvalue weighted by Crippen LogP contribution is -2.54. The molecule has 1 rings (SSSR count). The Kier molecular flexibility index (Phi) is 4.91. The van der Waals surface area contributed by atoms with Gasteiger partial charge in [-0.25, -0.2) is 0 Å². The Hall–Kier alpha value is -1.35. The average molecular weight is 248 g/mol. The fraction of sp³-hybridized carbons (Fsp3) is 0.533. The van der Waals surface area contributed by atoms with Crippen molar-refractivity contribution in [3.8, 4) is 0 Å². The van der Waals surface area contributed by atoms with E-state index in [0.29, 0.717) is 12.8 Å². The van der Waals surface area contributed by atoms with Crippen molar-refractivity contribution < 1.29 is 4.79 Å². The van der Waals surface area contributed by atoms with Gasteiger partial charge in [0.2, 0.25) is 5.91 Å². The summed E-state index contributed by atoms with van der Waals surface area (Å²) in [7, 11) is 1.83. The number of hydrogen-bond acceptors (Lipinski definition) is 2. The SMILES string of the molecule is CCC(N)(CC)C(=O)N(C)C(C)c1ccccc1. The monoisotopic (exact) mass is 248 g/mol. The van der Waals surface area contributed by atoms with Gasteiger partial charge in [-0.2, -0.15) is 0 Å². The molecule has 0 aliphatic rings. The number of nitrogens with two attached hydrogens (primary N) is 1. The van der Waals surface area contributed by atoms with Crippen LogP contribution in [0.25, 0.3) is 0 Å². The van der Waals surface area contributed by atoms with E-state index in [1.807, 2.05) is 58.2 Å². The van der Waals surface area contributed by atoms with Crippen LogP contribution in [0, 0.1) is 0 Å². The molecule has 0 bridgehead atoms. The number of carbonyl (C=O) groups excluding carboxylic acids is 1. The zero-order valence-electron chi connectivity index (χ0n) is 11.8. The first-order valence-electron chi connectivity index (χ1n) is 6.57. The number of likely N-dealkylation sites (N-methyl/N-ethyl adjacent to an activating group) is 1. The van der Waals surface area contributed by atoms with Gasteiger partial charge in [0.25, 0.3) is 0 Å². The van der Waals surface area contributed by atoms with E-state index in [1.165, 1.54) is 0 Å². The molecule has 0 aliphatic heterocycles. The fourth-order valence-corrected chi connectivity index (χ4v) is 2.03. The van der Waals surface area contributed by atoms with Crippen molar-refractivity contribution >= 4 is 5.91 Å². The van der Waals surface area contributed by atoms with Gasteiger partial charge in [0.15, 0.2) is 0 Å². The standard InChI is InChI=1S/C15H24N2O/c1-5-15(16,6-2)14(18)17(4)12(3)13-10-8-7-9-11-13/h7-12H,5-6,16H2,1-4H3. The lowest BCUT2D eigenvalue weighted by Gasteiger charge is -2.34. The third kappa shape index (κ3) is 2.91. The van der Waals surface area contributed by atoms with Crippen LogP contribution in [-0.4, -0.2) is 23.4 Å². The van der Waals surface area contributed by atoms with Gasteiger partial charge in [0.1, 0.15) is 0 Å². The van der Waals surface area contributed by atoms with Gasteiger partial charge < -0.3 is 10.6 Å². The molecule has 1 atom stereocenters. The molecule has 18 heavy (non-hydrogen) atoms. The number of nitrogens with zero attached hydrogens (tertiary/aromatic N) is 1. The normalized spacial score (nSPS) is 13.2. The molecule has 0 radical (unpaired) electrons. The molecule has 2 N–H and O–H groups in total. The van der Waals surface area contributed by atoms with E-state index in [-0.39, 0.29) is 11.9 Å². The van der Waals surface area contributed by atoms with Crippen molar-refractivity contribution in [3.63, 3.8) is 0 Å². The van der Waals surface area contributed by atoms with E-state index in [9.17, 15) is 4.79 Å². The summed E-state index contributed by atoms with van der Waals surface area (Å²) in [5.74, 6) is 0.0175. The van der Waals surface area contributed by atoms with Crippen LogP contribution in [0.15, 0.2) is 30.3 Å². The Morgan fingerprint density at radius 2 is 1.78 bits per heavy atom. The predicted octanol–water partition coefficient (Wildman–Crippen LogP) is 2.72. The molecule has 0 saturated heterocycles. The molecule has 1 aromatic carbocycles. The van der Waals surface area contributed by atoms with Gasteiger partial charge in [0, 0.05) is 7.05 Å². The highest BCUT2D eigenvalue weighted by molar-refractivity contribution is 5.86. The summed E-state index contributed by atoms with van der Waals surface area (Å²) in [6.45, 7) is 5.95. The van der Waals surface area contributed by atoms with E-state index < -0.39 is 5.54 Å². The first-order chi connectivity index (χ1) is 8.46. The molecule has 0 saturated carbocycles. The summed E-state index contributed by atoms with van der Waals surface area (Å²) in [5, 5.41) is 0. The minimum Gasteiger partial charge on any atom is -0.337 e. The molecule has 0 fully saturated rings. The van der Waals surface area contributed by atoms with Gasteiger partial charge in [-0.15, -0.1) is 0 Å². The van der Waals surface area contributed by atoms with Crippen LogP contribution in [-0.2, 0) is 4.79 Å². The second-order valence-electron chi connectivity index (χ2n) is 4.87. The molecule has 0 aliphatic carbocycles. The number of benzene rings is 1. The van der Waals surface area contributed by atoms with Crippen molar-refractivity contribution in [1.29, 1.82) is 0 Å². The minimum atomic E-state index is -0.738. The Morgan fingerprint density at radius 3 is 2.22 bits per heavy atom. The van der Waals surface area contributed by atoms with Crippen LogP contribution < -0.4 is 5.73 Å². The molecule has 3 heteroatoms. The summed E-state index contributed by atoms with van der Waals surface area (Å²) in [6, 6.07) is 10.1. The van der Waals surface area contributed by atoms with Crippen molar-refractivity contribution in [1.82, 2.24) is 4.90 Å². The number of rotatable bonds is 5. The van der Waals surface area contributed by atoms with E-state index in [2.05, 4.69) is 0 Å². The smallest absolute Gasteiger partial charge is 0.242 e.